The van der Waals surface area contributed by atoms with Crippen LogP contribution in [-0.2, 0) is 9.59 Å². The zero-order valence-corrected chi connectivity index (χ0v) is 10.8. The third kappa shape index (κ3) is 2.12. The van der Waals surface area contributed by atoms with Crippen molar-refractivity contribution < 1.29 is 19.2 Å². The van der Waals surface area contributed by atoms with Crippen LogP contribution in [0.25, 0.3) is 10.9 Å². The van der Waals surface area contributed by atoms with E-state index < -0.39 is 55.0 Å². The average molecular weight is 292 g/mol. The second-order valence-corrected chi connectivity index (χ2v) is 4.55. The maximum Gasteiger partial charge on any atom is 0.264 e. The van der Waals surface area contributed by atoms with Crippen LogP contribution in [0.1, 0.15) is 40.7 Å². The third-order valence-corrected chi connectivity index (χ3v) is 3.23. The Morgan fingerprint density at radius 2 is 2.38 bits per heavy atom. The number of fused-ring (bicyclic) bond motifs is 1. The smallest absolute Gasteiger partial charge is 0.264 e. The summed E-state index contributed by atoms with van der Waals surface area (Å²) in [6.45, 7) is -3.02. The molecule has 1 fully saturated rings. The summed E-state index contributed by atoms with van der Waals surface area (Å²) in [5.41, 5.74) is 4.17. The summed E-state index contributed by atoms with van der Waals surface area (Å²) < 4.78 is 55.1. The first-order valence-corrected chi connectivity index (χ1v) is 6.09. The van der Waals surface area contributed by atoms with Crippen molar-refractivity contribution in [3.05, 3.63) is 34.4 Å². The van der Waals surface area contributed by atoms with E-state index in [1.807, 2.05) is 0 Å². The van der Waals surface area contributed by atoms with E-state index in [4.69, 9.17) is 15.3 Å². The molecule has 1 unspecified atom stereocenters. The molecule has 0 radical (unpaired) electrons. The van der Waals surface area contributed by atoms with E-state index >= 15 is 0 Å². The Morgan fingerprint density at radius 1 is 1.57 bits per heavy atom. The summed E-state index contributed by atoms with van der Waals surface area (Å²) >= 11 is 0. The minimum absolute atomic E-state index is 0.133. The van der Waals surface area contributed by atoms with Crippen LogP contribution in [0.4, 0.5) is 5.69 Å². The normalized spacial score (nSPS) is 30.6. The third-order valence-electron chi connectivity index (χ3n) is 3.23. The van der Waals surface area contributed by atoms with Crippen LogP contribution in [0.15, 0.2) is 23.0 Å². The van der Waals surface area contributed by atoms with Crippen molar-refractivity contribution in [2.45, 2.75) is 32.1 Å². The number of carbonyl (C=O) groups is 2. The number of Topliss-reactive ketones (excluding diaryl/α,β-unsaturated/α-hetero) is 2. The van der Waals surface area contributed by atoms with E-state index in [-0.39, 0.29) is 22.6 Å². The largest absolute Gasteiger partial charge is 0.398 e. The molecule has 0 aliphatic heterocycles. The molecule has 1 aromatic heterocycles. The molecule has 1 aliphatic rings. The Hall–Kier alpha value is -2.50. The Kier molecular flexibility index (Phi) is 1.71. The summed E-state index contributed by atoms with van der Waals surface area (Å²) in [5, 5.41) is -0.350. The lowest BCUT2D eigenvalue weighted by Gasteiger charge is -2.24. The summed E-state index contributed by atoms with van der Waals surface area (Å²) in [7, 11) is 0. The van der Waals surface area contributed by atoms with Gasteiger partial charge in [0.1, 0.15) is 11.6 Å². The fourth-order valence-corrected chi connectivity index (χ4v) is 2.24. The molecule has 1 aliphatic carbocycles. The molecular formula is C15H15N3O3. The van der Waals surface area contributed by atoms with Crippen LogP contribution < -0.4 is 11.3 Å². The van der Waals surface area contributed by atoms with Gasteiger partial charge in [0.25, 0.3) is 5.56 Å². The SMILES string of the molecule is [2H]c1ccc2nc(C([2H])([2H])[2H])n(C3([2H])CC([2H])([2H])C(=O)CC3=O)c(=O)c2c1N. The summed E-state index contributed by atoms with van der Waals surface area (Å²) in [4.78, 5) is 41.3. The molecule has 3 rings (SSSR count). The van der Waals surface area contributed by atoms with Crippen LogP contribution in [0.3, 0.4) is 0 Å². The lowest BCUT2D eigenvalue weighted by Crippen LogP contribution is -2.36. The molecule has 2 N–H and O–H groups in total. The first-order chi connectivity index (χ1) is 12.7. The number of nitrogens with two attached hydrogens (primary N) is 1. The van der Waals surface area contributed by atoms with Gasteiger partial charge in [-0.1, -0.05) is 6.07 Å². The molecule has 0 spiro atoms. The van der Waals surface area contributed by atoms with Gasteiger partial charge in [0, 0.05) is 18.9 Å². The van der Waals surface area contributed by atoms with Crippen molar-refractivity contribution in [2.75, 3.05) is 5.73 Å². The molecule has 108 valence electrons. The van der Waals surface area contributed by atoms with E-state index in [1.165, 1.54) is 12.1 Å². The van der Waals surface area contributed by atoms with Crippen LogP contribution >= 0.6 is 0 Å². The minimum atomic E-state index is -3.02. The number of hydrogen-bond donors (Lipinski definition) is 1. The van der Waals surface area contributed by atoms with Gasteiger partial charge in [-0.2, -0.15) is 0 Å². The van der Waals surface area contributed by atoms with Gasteiger partial charge in [-0.15, -0.1) is 0 Å². The van der Waals surface area contributed by atoms with Gasteiger partial charge < -0.3 is 5.73 Å². The number of carbonyl (C=O) groups excluding carboxylic acids is 2. The monoisotopic (exact) mass is 292 g/mol. The highest BCUT2D eigenvalue weighted by Gasteiger charge is 2.30. The second kappa shape index (κ2) is 4.80. The zero-order chi connectivity index (χ0) is 21.2. The summed E-state index contributed by atoms with van der Waals surface area (Å²) in [6, 6.07) is -0.503. The molecule has 6 heteroatoms. The lowest BCUT2D eigenvalue weighted by atomic mass is 9.92. The Labute approximate surface area is 130 Å². The van der Waals surface area contributed by atoms with Crippen molar-refractivity contribution in [2.24, 2.45) is 0 Å². The molecule has 0 amide bonds. The molecule has 1 saturated carbocycles. The molecule has 1 atom stereocenters. The molecule has 0 bridgehead atoms. The predicted molar refractivity (Wildman–Crippen MR) is 78.1 cm³/mol. The van der Waals surface area contributed by atoms with E-state index in [1.54, 1.807) is 0 Å². The van der Waals surface area contributed by atoms with Crippen LogP contribution in [-0.4, -0.2) is 21.1 Å². The minimum Gasteiger partial charge on any atom is -0.398 e. The lowest BCUT2D eigenvalue weighted by molar-refractivity contribution is -0.132. The average Bonchev–Trinajstić information content (AvgIpc) is 2.55. The van der Waals surface area contributed by atoms with Gasteiger partial charge in [0.05, 0.1) is 26.1 Å². The summed E-state index contributed by atoms with van der Waals surface area (Å²) in [6.07, 6.45) is -4.62. The van der Waals surface area contributed by atoms with Crippen molar-refractivity contribution in [1.82, 2.24) is 9.55 Å². The number of anilines is 1. The second-order valence-electron chi connectivity index (χ2n) is 4.55. The predicted octanol–water partition coefficient (Wildman–Crippen LogP) is 1.15. The van der Waals surface area contributed by atoms with Gasteiger partial charge in [0.15, 0.2) is 5.78 Å². The highest BCUT2D eigenvalue weighted by atomic mass is 16.2. The Morgan fingerprint density at radius 3 is 3.14 bits per heavy atom. The number of nitrogens with zero attached hydrogens (tertiary/aromatic N) is 2. The van der Waals surface area contributed by atoms with E-state index in [0.717, 1.165) is 0 Å². The number of ketones is 2. The van der Waals surface area contributed by atoms with E-state index in [2.05, 4.69) is 4.98 Å². The topological polar surface area (TPSA) is 95.0 Å². The highest BCUT2D eigenvalue weighted by molar-refractivity contribution is 6.03. The molecule has 6 nitrogen and oxygen atoms in total. The first-order valence-electron chi connectivity index (χ1n) is 9.59. The quantitative estimate of drug-likeness (QED) is 0.628. The van der Waals surface area contributed by atoms with Crippen molar-refractivity contribution >= 4 is 28.2 Å². The number of hydrogen-bond acceptors (Lipinski definition) is 5. The molecule has 1 heterocycles. The fraction of sp³-hybridized carbons (Fsp3) is 0.333. The van der Waals surface area contributed by atoms with Crippen LogP contribution in [0, 0.1) is 6.85 Å². The van der Waals surface area contributed by atoms with Gasteiger partial charge in [-0.05, 0) is 25.4 Å². The maximum atomic E-state index is 13.1. The van der Waals surface area contributed by atoms with Gasteiger partial charge in [0.2, 0.25) is 0 Å². The molecule has 1 aromatic carbocycles. The van der Waals surface area contributed by atoms with Crippen molar-refractivity contribution in [1.29, 1.82) is 0 Å². The van der Waals surface area contributed by atoms with E-state index in [9.17, 15) is 14.4 Å². The van der Waals surface area contributed by atoms with Crippen LogP contribution in [0.5, 0.6) is 0 Å². The molecule has 0 saturated heterocycles. The highest BCUT2D eigenvalue weighted by Crippen LogP contribution is 2.24. The Bertz CT molecular complexity index is 1090. The number of aromatic nitrogens is 2. The maximum absolute atomic E-state index is 13.1. The number of aryl methyl sites for hydroxylation is 1. The summed E-state index contributed by atoms with van der Waals surface area (Å²) in [5.74, 6) is -3.07. The standard InChI is InChI=1S/C15H15N3O3/c1-8-17-11-4-2-3-10(16)14(11)15(21)18(8)12-6-5-9(19)7-13(12)20/h2-4,12H,5-7,16H2,1H3/i1D3,3D,5D2,12D. The van der Waals surface area contributed by atoms with Gasteiger partial charge in [-0.3, -0.25) is 19.0 Å². The Balaban J connectivity index is 2.47. The number of benzene rings is 1. The van der Waals surface area contributed by atoms with Crippen molar-refractivity contribution in [3.8, 4) is 0 Å². The first kappa shape index (κ1) is 7.49. The molecular weight excluding hydrogens is 270 g/mol. The van der Waals surface area contributed by atoms with E-state index in [0.29, 0.717) is 4.57 Å². The van der Waals surface area contributed by atoms with Crippen molar-refractivity contribution in [3.63, 3.8) is 0 Å². The zero-order valence-electron chi connectivity index (χ0n) is 17.8. The fourth-order valence-electron chi connectivity index (χ4n) is 2.24. The van der Waals surface area contributed by atoms with Crippen LogP contribution in [0.2, 0.25) is 0 Å². The van der Waals surface area contributed by atoms with Gasteiger partial charge in [-0.25, -0.2) is 4.98 Å². The number of rotatable bonds is 1. The molecule has 2 aromatic rings. The van der Waals surface area contributed by atoms with Gasteiger partial charge >= 0.3 is 0 Å². The molecule has 21 heavy (non-hydrogen) atoms. The number of nitrogen functional groups attached to an aromatic ring is 1.